The summed E-state index contributed by atoms with van der Waals surface area (Å²) in [6, 6.07) is 8.33. The third-order valence-corrected chi connectivity index (χ3v) is 3.53. The number of hydrogen-bond acceptors (Lipinski definition) is 3. The number of esters is 1. The van der Waals surface area contributed by atoms with Crippen molar-refractivity contribution in [3.05, 3.63) is 47.7 Å². The number of aromatic amines is 1. The number of ether oxygens (including phenoxy) is 1. The van der Waals surface area contributed by atoms with Crippen LogP contribution in [0.15, 0.2) is 42.1 Å². The zero-order chi connectivity index (χ0) is 15.1. The van der Waals surface area contributed by atoms with Gasteiger partial charge in [-0.1, -0.05) is 24.3 Å². The van der Waals surface area contributed by atoms with E-state index in [0.717, 1.165) is 25.9 Å². The van der Waals surface area contributed by atoms with Crippen LogP contribution in [0.25, 0.3) is 10.9 Å². The maximum Gasteiger partial charge on any atom is 0.333 e. The molecule has 21 heavy (non-hydrogen) atoms. The molecule has 2 rings (SSSR count). The highest BCUT2D eigenvalue weighted by atomic mass is 16.5. The van der Waals surface area contributed by atoms with E-state index in [0.29, 0.717) is 5.57 Å². The van der Waals surface area contributed by atoms with Crippen molar-refractivity contribution in [2.45, 2.75) is 19.8 Å². The smallest absolute Gasteiger partial charge is 0.333 e. The third kappa shape index (κ3) is 4.20. The molecule has 0 amide bonds. The minimum absolute atomic E-state index is 0.256. The van der Waals surface area contributed by atoms with Gasteiger partial charge in [0.2, 0.25) is 0 Å². The van der Waals surface area contributed by atoms with Gasteiger partial charge in [0.05, 0.1) is 7.11 Å². The van der Waals surface area contributed by atoms with Gasteiger partial charge in [-0.2, -0.15) is 0 Å². The highest BCUT2D eigenvalue weighted by Gasteiger charge is 2.03. The fourth-order valence-electron chi connectivity index (χ4n) is 2.32. The molecule has 0 radical (unpaired) electrons. The minimum atomic E-state index is -0.256. The molecule has 0 aliphatic heterocycles. The second-order valence-electron chi connectivity index (χ2n) is 5.03. The average molecular weight is 286 g/mol. The molecule has 0 aliphatic carbocycles. The number of H-pyrrole nitrogens is 1. The maximum absolute atomic E-state index is 11.2. The highest BCUT2D eigenvalue weighted by molar-refractivity contribution is 5.87. The molecule has 1 aromatic carbocycles. The number of hydrogen-bond donors (Lipinski definition) is 2. The molecule has 0 unspecified atom stereocenters. The standard InChI is InChI=1S/C17H22N2O2/c1-13(17(20)21-2)6-5-10-18-11-9-14-12-19-16-8-4-3-7-15(14)16/h3-4,6-8,12,18-19H,5,9-11H2,1-2H3/b13-6+. The Morgan fingerprint density at radius 3 is 2.95 bits per heavy atom. The molecule has 112 valence electrons. The predicted molar refractivity (Wildman–Crippen MR) is 85.3 cm³/mol. The summed E-state index contributed by atoms with van der Waals surface area (Å²) in [6.45, 7) is 3.56. The lowest BCUT2D eigenvalue weighted by atomic mass is 10.1. The first-order valence-electron chi connectivity index (χ1n) is 7.23. The van der Waals surface area contributed by atoms with E-state index in [4.69, 9.17) is 0 Å². The van der Waals surface area contributed by atoms with Gasteiger partial charge < -0.3 is 15.0 Å². The van der Waals surface area contributed by atoms with Gasteiger partial charge >= 0.3 is 5.97 Å². The SMILES string of the molecule is COC(=O)/C(C)=C/CCNCCc1c[nH]c2ccccc12. The number of carbonyl (C=O) groups excluding carboxylic acids is 1. The Morgan fingerprint density at radius 1 is 1.33 bits per heavy atom. The molecule has 0 saturated heterocycles. The van der Waals surface area contributed by atoms with E-state index in [1.807, 2.05) is 12.1 Å². The van der Waals surface area contributed by atoms with Gasteiger partial charge in [0.1, 0.15) is 0 Å². The number of para-hydroxylation sites is 1. The van der Waals surface area contributed by atoms with Crippen LogP contribution in [-0.4, -0.2) is 31.2 Å². The molecule has 0 saturated carbocycles. The summed E-state index contributed by atoms with van der Waals surface area (Å²) in [7, 11) is 1.40. The Labute approximate surface area is 125 Å². The number of carbonyl (C=O) groups is 1. The van der Waals surface area contributed by atoms with Gasteiger partial charge in [-0.3, -0.25) is 0 Å². The lowest BCUT2D eigenvalue weighted by Gasteiger charge is -2.03. The number of benzene rings is 1. The molecule has 1 aromatic heterocycles. The van der Waals surface area contributed by atoms with Crippen LogP contribution in [-0.2, 0) is 16.0 Å². The van der Waals surface area contributed by atoms with E-state index in [2.05, 4.69) is 39.4 Å². The second kappa shape index (κ2) is 7.64. The van der Waals surface area contributed by atoms with Gasteiger partial charge in [-0.25, -0.2) is 4.79 Å². The van der Waals surface area contributed by atoms with Gasteiger partial charge in [0, 0.05) is 22.7 Å². The van der Waals surface area contributed by atoms with Crippen molar-refractivity contribution in [2.24, 2.45) is 0 Å². The first-order valence-corrected chi connectivity index (χ1v) is 7.23. The zero-order valence-corrected chi connectivity index (χ0v) is 12.6. The number of nitrogens with one attached hydrogen (secondary N) is 2. The number of fused-ring (bicyclic) bond motifs is 1. The van der Waals surface area contributed by atoms with E-state index in [1.54, 1.807) is 6.92 Å². The van der Waals surface area contributed by atoms with E-state index < -0.39 is 0 Å². The van der Waals surface area contributed by atoms with Crippen LogP contribution in [0.5, 0.6) is 0 Å². The number of rotatable bonds is 7. The van der Waals surface area contributed by atoms with Crippen molar-refractivity contribution in [1.82, 2.24) is 10.3 Å². The maximum atomic E-state index is 11.2. The summed E-state index contributed by atoms with van der Waals surface area (Å²) >= 11 is 0. The Hall–Kier alpha value is -2.07. The third-order valence-electron chi connectivity index (χ3n) is 3.53. The van der Waals surface area contributed by atoms with Crippen LogP contribution < -0.4 is 5.32 Å². The summed E-state index contributed by atoms with van der Waals surface area (Å²) in [4.78, 5) is 14.5. The Balaban J connectivity index is 1.72. The summed E-state index contributed by atoms with van der Waals surface area (Å²) < 4.78 is 4.65. The van der Waals surface area contributed by atoms with Crippen molar-refractivity contribution in [3.8, 4) is 0 Å². The molecular formula is C17H22N2O2. The number of aromatic nitrogens is 1. The molecule has 1 heterocycles. The van der Waals surface area contributed by atoms with E-state index in [-0.39, 0.29) is 5.97 Å². The van der Waals surface area contributed by atoms with Crippen LogP contribution in [0.4, 0.5) is 0 Å². The highest BCUT2D eigenvalue weighted by Crippen LogP contribution is 2.17. The van der Waals surface area contributed by atoms with Crippen LogP contribution in [0.1, 0.15) is 18.9 Å². The molecule has 0 fully saturated rings. The molecule has 0 bridgehead atoms. The quantitative estimate of drug-likeness (QED) is 0.467. The molecule has 2 N–H and O–H groups in total. The first kappa shape index (κ1) is 15.3. The largest absolute Gasteiger partial charge is 0.466 e. The van der Waals surface area contributed by atoms with Gasteiger partial charge in [-0.05, 0) is 44.5 Å². The summed E-state index contributed by atoms with van der Waals surface area (Å²) in [5, 5.41) is 4.68. The first-order chi connectivity index (χ1) is 10.2. The second-order valence-corrected chi connectivity index (χ2v) is 5.03. The Morgan fingerprint density at radius 2 is 2.14 bits per heavy atom. The fraction of sp³-hybridized carbons (Fsp3) is 0.353. The average Bonchev–Trinajstić information content (AvgIpc) is 2.93. The zero-order valence-electron chi connectivity index (χ0n) is 12.6. The molecule has 4 heteroatoms. The normalized spacial score (nSPS) is 11.8. The van der Waals surface area contributed by atoms with Crippen molar-refractivity contribution < 1.29 is 9.53 Å². The Kier molecular flexibility index (Phi) is 5.58. The van der Waals surface area contributed by atoms with E-state index >= 15 is 0 Å². The predicted octanol–water partition coefficient (Wildman–Crippen LogP) is 2.81. The van der Waals surface area contributed by atoms with Gasteiger partial charge in [0.15, 0.2) is 0 Å². The van der Waals surface area contributed by atoms with Crippen LogP contribution in [0.2, 0.25) is 0 Å². The topological polar surface area (TPSA) is 54.1 Å². The lowest BCUT2D eigenvalue weighted by molar-refractivity contribution is -0.136. The summed E-state index contributed by atoms with van der Waals surface area (Å²) in [5.41, 5.74) is 3.18. The lowest BCUT2D eigenvalue weighted by Crippen LogP contribution is -2.18. The molecule has 4 nitrogen and oxygen atoms in total. The molecule has 2 aromatic rings. The minimum Gasteiger partial charge on any atom is -0.466 e. The molecule has 0 atom stereocenters. The summed E-state index contributed by atoms with van der Waals surface area (Å²) in [5.74, 6) is -0.256. The van der Waals surface area contributed by atoms with Gasteiger partial charge in [-0.15, -0.1) is 0 Å². The van der Waals surface area contributed by atoms with Crippen molar-refractivity contribution in [1.29, 1.82) is 0 Å². The van der Waals surface area contributed by atoms with Crippen LogP contribution in [0, 0.1) is 0 Å². The van der Waals surface area contributed by atoms with E-state index in [9.17, 15) is 4.79 Å². The molecule has 0 spiro atoms. The monoisotopic (exact) mass is 286 g/mol. The van der Waals surface area contributed by atoms with Crippen molar-refractivity contribution >= 4 is 16.9 Å². The fourth-order valence-corrected chi connectivity index (χ4v) is 2.32. The van der Waals surface area contributed by atoms with Crippen molar-refractivity contribution in [3.63, 3.8) is 0 Å². The van der Waals surface area contributed by atoms with Gasteiger partial charge in [0.25, 0.3) is 0 Å². The van der Waals surface area contributed by atoms with Crippen LogP contribution >= 0.6 is 0 Å². The number of methoxy groups -OCH3 is 1. The molecular weight excluding hydrogens is 264 g/mol. The molecule has 0 aliphatic rings. The van der Waals surface area contributed by atoms with Crippen molar-refractivity contribution in [2.75, 3.05) is 20.2 Å². The van der Waals surface area contributed by atoms with Crippen LogP contribution in [0.3, 0.4) is 0 Å². The Bertz CT molecular complexity index is 629. The van der Waals surface area contributed by atoms with E-state index in [1.165, 1.54) is 23.6 Å². The summed E-state index contributed by atoms with van der Waals surface area (Å²) in [6.07, 6.45) is 5.80.